The third kappa shape index (κ3) is 5.41. The monoisotopic (exact) mass is 455 g/mol. The topological polar surface area (TPSA) is 141 Å². The molecule has 33 heavy (non-hydrogen) atoms. The van der Waals surface area contributed by atoms with Gasteiger partial charge < -0.3 is 14.6 Å². The van der Waals surface area contributed by atoms with Crippen LogP contribution >= 0.6 is 0 Å². The highest BCUT2D eigenvalue weighted by molar-refractivity contribution is 5.89. The molecule has 0 atom stereocenters. The molecule has 3 aromatic rings. The maximum atomic E-state index is 12.4. The third-order valence-electron chi connectivity index (χ3n) is 5.47. The van der Waals surface area contributed by atoms with Crippen LogP contribution < -0.4 is 5.32 Å². The SMILES string of the molecule is Cc1nn(Cc2noc(C(=O)NCc3ccc(CN4CCOCC4)cc3)n2)c(C)c1[N+](=O)[O-]. The van der Waals surface area contributed by atoms with E-state index in [9.17, 15) is 14.9 Å². The molecule has 0 spiro atoms. The maximum absolute atomic E-state index is 12.4. The number of amides is 1. The Morgan fingerprint density at radius 1 is 1.15 bits per heavy atom. The standard InChI is InChI=1S/C21H25N7O5/c1-14-19(28(30)31)15(2)27(24-14)13-18-23-21(33-25-18)20(29)22-11-16-3-5-17(6-4-16)12-26-7-9-32-10-8-26/h3-6H,7-13H2,1-2H3,(H,22,29). The van der Waals surface area contributed by atoms with E-state index < -0.39 is 10.8 Å². The second kappa shape index (κ2) is 9.88. The summed E-state index contributed by atoms with van der Waals surface area (Å²) < 4.78 is 11.8. The van der Waals surface area contributed by atoms with Gasteiger partial charge in [0.15, 0.2) is 5.82 Å². The molecule has 174 valence electrons. The van der Waals surface area contributed by atoms with Crippen molar-refractivity contribution in [3.05, 3.63) is 68.6 Å². The Bertz CT molecular complexity index is 1130. The van der Waals surface area contributed by atoms with Crippen LogP contribution in [-0.4, -0.2) is 62.0 Å². The first-order chi connectivity index (χ1) is 15.9. The number of rotatable bonds is 8. The number of carbonyl (C=O) groups is 1. The second-order valence-electron chi connectivity index (χ2n) is 7.84. The summed E-state index contributed by atoms with van der Waals surface area (Å²) in [5.74, 6) is -0.469. The van der Waals surface area contributed by atoms with Gasteiger partial charge in [-0.25, -0.2) is 0 Å². The zero-order valence-corrected chi connectivity index (χ0v) is 18.5. The number of carbonyl (C=O) groups excluding carboxylic acids is 1. The van der Waals surface area contributed by atoms with E-state index in [2.05, 4.69) is 37.6 Å². The largest absolute Gasteiger partial charge is 0.379 e. The maximum Gasteiger partial charge on any atom is 0.316 e. The summed E-state index contributed by atoms with van der Waals surface area (Å²) in [4.78, 5) is 29.5. The Hall–Kier alpha value is -3.64. The Labute approximate surface area is 189 Å². The van der Waals surface area contributed by atoms with Gasteiger partial charge in [0.2, 0.25) is 0 Å². The summed E-state index contributed by atoms with van der Waals surface area (Å²) >= 11 is 0. The molecule has 1 amide bonds. The average molecular weight is 455 g/mol. The van der Waals surface area contributed by atoms with Crippen LogP contribution in [0.25, 0.3) is 0 Å². The first-order valence-electron chi connectivity index (χ1n) is 10.6. The molecule has 12 nitrogen and oxygen atoms in total. The summed E-state index contributed by atoms with van der Waals surface area (Å²) in [5.41, 5.74) is 2.79. The Balaban J connectivity index is 1.31. The van der Waals surface area contributed by atoms with Crippen LogP contribution in [0, 0.1) is 24.0 Å². The highest BCUT2D eigenvalue weighted by atomic mass is 16.6. The predicted molar refractivity (Wildman–Crippen MR) is 115 cm³/mol. The lowest BCUT2D eigenvalue weighted by Crippen LogP contribution is -2.35. The Kier molecular flexibility index (Phi) is 6.75. The van der Waals surface area contributed by atoms with Crippen molar-refractivity contribution in [2.24, 2.45) is 0 Å². The number of nitrogens with one attached hydrogen (secondary N) is 1. The van der Waals surface area contributed by atoms with Crippen molar-refractivity contribution in [1.82, 2.24) is 30.1 Å². The van der Waals surface area contributed by atoms with E-state index in [1.165, 1.54) is 10.2 Å². The summed E-state index contributed by atoms with van der Waals surface area (Å²) in [7, 11) is 0. The van der Waals surface area contributed by atoms with Gasteiger partial charge >= 0.3 is 17.5 Å². The number of hydrogen-bond donors (Lipinski definition) is 1. The number of nitrogens with zero attached hydrogens (tertiary/aromatic N) is 6. The lowest BCUT2D eigenvalue weighted by atomic mass is 10.1. The molecule has 12 heteroatoms. The van der Waals surface area contributed by atoms with E-state index in [1.807, 2.05) is 12.1 Å². The number of hydrogen-bond acceptors (Lipinski definition) is 9. The summed E-state index contributed by atoms with van der Waals surface area (Å²) in [6, 6.07) is 8.06. The smallest absolute Gasteiger partial charge is 0.316 e. The van der Waals surface area contributed by atoms with Crippen LogP contribution in [0.5, 0.6) is 0 Å². The van der Waals surface area contributed by atoms with Crippen molar-refractivity contribution in [3.63, 3.8) is 0 Å². The molecular weight excluding hydrogens is 430 g/mol. The average Bonchev–Trinajstić information content (AvgIpc) is 3.38. The third-order valence-corrected chi connectivity index (χ3v) is 5.47. The zero-order chi connectivity index (χ0) is 23.4. The molecule has 0 saturated carbocycles. The Morgan fingerprint density at radius 2 is 1.85 bits per heavy atom. The molecule has 1 aliphatic rings. The summed E-state index contributed by atoms with van der Waals surface area (Å²) in [5, 5.41) is 21.8. The van der Waals surface area contributed by atoms with Crippen molar-refractivity contribution >= 4 is 11.6 Å². The molecule has 4 rings (SSSR count). The van der Waals surface area contributed by atoms with Gasteiger partial charge in [-0.3, -0.25) is 24.5 Å². The van der Waals surface area contributed by atoms with Gasteiger partial charge in [0, 0.05) is 26.2 Å². The number of benzene rings is 1. The fourth-order valence-electron chi connectivity index (χ4n) is 3.69. The van der Waals surface area contributed by atoms with Gasteiger partial charge in [0.1, 0.15) is 17.9 Å². The van der Waals surface area contributed by atoms with Crippen molar-refractivity contribution in [2.45, 2.75) is 33.5 Å². The van der Waals surface area contributed by atoms with Crippen LogP contribution in [-0.2, 0) is 24.4 Å². The van der Waals surface area contributed by atoms with Crippen molar-refractivity contribution < 1.29 is 19.0 Å². The lowest BCUT2D eigenvalue weighted by molar-refractivity contribution is -0.386. The molecule has 1 aromatic carbocycles. The quantitative estimate of drug-likeness (QED) is 0.396. The van der Waals surface area contributed by atoms with Crippen molar-refractivity contribution in [1.29, 1.82) is 0 Å². The minimum absolute atomic E-state index is 0.0487. The van der Waals surface area contributed by atoms with Gasteiger partial charge in [-0.15, -0.1) is 0 Å². The van der Waals surface area contributed by atoms with Crippen LogP contribution in [0.4, 0.5) is 5.69 Å². The van der Waals surface area contributed by atoms with Gasteiger partial charge in [-0.2, -0.15) is 10.1 Å². The highest BCUT2D eigenvalue weighted by Gasteiger charge is 2.23. The fourth-order valence-corrected chi connectivity index (χ4v) is 3.69. The number of morpholine rings is 1. The van der Waals surface area contributed by atoms with Crippen LogP contribution in [0.1, 0.15) is 39.0 Å². The minimum Gasteiger partial charge on any atom is -0.379 e. The van der Waals surface area contributed by atoms with Gasteiger partial charge in [0.05, 0.1) is 18.1 Å². The summed E-state index contributed by atoms with van der Waals surface area (Å²) in [6.45, 7) is 7.80. The molecule has 3 heterocycles. The molecule has 0 aliphatic carbocycles. The van der Waals surface area contributed by atoms with Gasteiger partial charge in [0.25, 0.3) is 0 Å². The molecule has 0 bridgehead atoms. The van der Waals surface area contributed by atoms with E-state index in [0.29, 0.717) is 17.9 Å². The second-order valence-corrected chi connectivity index (χ2v) is 7.84. The first kappa shape index (κ1) is 22.6. The van der Waals surface area contributed by atoms with Crippen LogP contribution in [0.2, 0.25) is 0 Å². The Morgan fingerprint density at radius 3 is 2.52 bits per heavy atom. The van der Waals surface area contributed by atoms with Gasteiger partial charge in [-0.05, 0) is 25.0 Å². The molecule has 1 aliphatic heterocycles. The summed E-state index contributed by atoms with van der Waals surface area (Å²) in [6.07, 6.45) is 0. The van der Waals surface area contributed by atoms with Gasteiger partial charge in [-0.1, -0.05) is 29.4 Å². The van der Waals surface area contributed by atoms with E-state index in [-0.39, 0.29) is 23.9 Å². The molecule has 2 aromatic heterocycles. The van der Waals surface area contributed by atoms with E-state index >= 15 is 0 Å². The van der Waals surface area contributed by atoms with E-state index in [4.69, 9.17) is 9.26 Å². The predicted octanol–water partition coefficient (Wildman–Crippen LogP) is 1.60. The number of ether oxygens (including phenoxy) is 1. The molecule has 0 unspecified atom stereocenters. The highest BCUT2D eigenvalue weighted by Crippen LogP contribution is 2.22. The molecule has 0 radical (unpaired) electrons. The first-order valence-corrected chi connectivity index (χ1v) is 10.6. The molecule has 1 fully saturated rings. The minimum atomic E-state index is -0.495. The van der Waals surface area contributed by atoms with Crippen LogP contribution in [0.3, 0.4) is 0 Å². The fraction of sp³-hybridized carbons (Fsp3) is 0.429. The van der Waals surface area contributed by atoms with E-state index in [0.717, 1.165) is 38.4 Å². The van der Waals surface area contributed by atoms with Crippen molar-refractivity contribution in [3.8, 4) is 0 Å². The number of aryl methyl sites for hydroxylation is 1. The number of nitro groups is 1. The zero-order valence-electron chi connectivity index (χ0n) is 18.5. The van der Waals surface area contributed by atoms with E-state index in [1.54, 1.807) is 13.8 Å². The van der Waals surface area contributed by atoms with Crippen LogP contribution in [0.15, 0.2) is 28.8 Å². The molecular formula is C21H25N7O5. The lowest BCUT2D eigenvalue weighted by Gasteiger charge is -2.26. The number of aromatic nitrogens is 4. The molecule has 1 saturated heterocycles. The van der Waals surface area contributed by atoms with Crippen molar-refractivity contribution in [2.75, 3.05) is 26.3 Å². The normalized spacial score (nSPS) is 14.4. The molecule has 1 N–H and O–H groups in total.